The Bertz CT molecular complexity index is 172. The number of rotatable bonds is 3. The van der Waals surface area contributed by atoms with Crippen LogP contribution in [-0.2, 0) is 4.79 Å². The molecule has 0 aromatic rings. The molecule has 0 bridgehead atoms. The molecule has 0 aromatic heterocycles. The van der Waals surface area contributed by atoms with Crippen LogP contribution < -0.4 is 11.5 Å². The van der Waals surface area contributed by atoms with E-state index in [1.54, 1.807) is 0 Å². The van der Waals surface area contributed by atoms with Crippen LogP contribution in [-0.4, -0.2) is 36.0 Å². The smallest absolute Gasteiger partial charge is 0.218 e. The summed E-state index contributed by atoms with van der Waals surface area (Å²) in [5.41, 5.74) is 10.9. The van der Waals surface area contributed by atoms with Crippen LogP contribution >= 0.6 is 0 Å². The highest BCUT2D eigenvalue weighted by atomic mass is 16.1. The second-order valence-electron chi connectivity index (χ2n) is 3.45. The predicted molar refractivity (Wildman–Crippen MR) is 47.4 cm³/mol. The average molecular weight is 171 g/mol. The molecule has 70 valence electrons. The third-order valence-electron chi connectivity index (χ3n) is 2.59. The number of carbonyl (C=O) groups excluding carboxylic acids is 1. The summed E-state index contributed by atoms with van der Waals surface area (Å²) in [7, 11) is 0. The first-order valence-electron chi connectivity index (χ1n) is 4.39. The lowest BCUT2D eigenvalue weighted by molar-refractivity contribution is -0.118. The van der Waals surface area contributed by atoms with Gasteiger partial charge in [0.05, 0.1) is 0 Å². The number of primary amides is 1. The van der Waals surface area contributed by atoms with Gasteiger partial charge in [-0.2, -0.15) is 0 Å². The van der Waals surface area contributed by atoms with Crippen LogP contribution in [0.1, 0.15) is 19.8 Å². The van der Waals surface area contributed by atoms with Gasteiger partial charge < -0.3 is 11.5 Å². The zero-order valence-electron chi connectivity index (χ0n) is 7.49. The molecule has 4 heteroatoms. The van der Waals surface area contributed by atoms with Gasteiger partial charge in [-0.25, -0.2) is 0 Å². The summed E-state index contributed by atoms with van der Waals surface area (Å²) >= 11 is 0. The molecule has 1 fully saturated rings. The first kappa shape index (κ1) is 9.48. The van der Waals surface area contributed by atoms with E-state index in [2.05, 4.69) is 11.8 Å². The summed E-state index contributed by atoms with van der Waals surface area (Å²) in [6.45, 7) is 3.85. The van der Waals surface area contributed by atoms with E-state index in [0.29, 0.717) is 12.5 Å². The Labute approximate surface area is 72.9 Å². The number of hydrogen-bond acceptors (Lipinski definition) is 3. The van der Waals surface area contributed by atoms with Crippen molar-refractivity contribution in [2.75, 3.05) is 13.1 Å². The summed E-state index contributed by atoms with van der Waals surface area (Å²) in [6.07, 6.45) is 1.47. The van der Waals surface area contributed by atoms with Crippen LogP contribution in [0.5, 0.6) is 0 Å². The molecule has 4 nitrogen and oxygen atoms in total. The molecule has 1 saturated heterocycles. The lowest BCUT2D eigenvalue weighted by Gasteiger charge is -2.21. The quantitative estimate of drug-likeness (QED) is 0.589. The van der Waals surface area contributed by atoms with Crippen molar-refractivity contribution in [3.05, 3.63) is 0 Å². The van der Waals surface area contributed by atoms with E-state index in [9.17, 15) is 4.79 Å². The third-order valence-corrected chi connectivity index (χ3v) is 2.59. The van der Waals surface area contributed by atoms with Gasteiger partial charge >= 0.3 is 0 Å². The maximum absolute atomic E-state index is 10.5. The van der Waals surface area contributed by atoms with Crippen LogP contribution in [0.25, 0.3) is 0 Å². The standard InChI is InChI=1S/C8H17N3O/c1-6-7(9)2-4-11(6)5-3-8(10)12/h6-7H,2-5,9H2,1H3,(H2,10,12). The van der Waals surface area contributed by atoms with Gasteiger partial charge in [-0.1, -0.05) is 0 Å². The highest BCUT2D eigenvalue weighted by molar-refractivity contribution is 5.73. The molecule has 0 spiro atoms. The first-order chi connectivity index (χ1) is 5.61. The number of nitrogens with two attached hydrogens (primary N) is 2. The summed E-state index contributed by atoms with van der Waals surface area (Å²) in [5, 5.41) is 0. The van der Waals surface area contributed by atoms with Crippen molar-refractivity contribution in [2.24, 2.45) is 11.5 Å². The molecule has 0 saturated carbocycles. The Morgan fingerprint density at radius 2 is 2.33 bits per heavy atom. The average Bonchev–Trinajstić information content (AvgIpc) is 2.30. The molecule has 0 aliphatic carbocycles. The lowest BCUT2D eigenvalue weighted by atomic mass is 10.2. The van der Waals surface area contributed by atoms with Crippen molar-refractivity contribution in [1.82, 2.24) is 4.90 Å². The lowest BCUT2D eigenvalue weighted by Crippen LogP contribution is -2.38. The monoisotopic (exact) mass is 171 g/mol. The van der Waals surface area contributed by atoms with E-state index in [1.165, 1.54) is 0 Å². The largest absolute Gasteiger partial charge is 0.370 e. The predicted octanol–water partition coefficient (Wildman–Crippen LogP) is -0.717. The van der Waals surface area contributed by atoms with Crippen molar-refractivity contribution in [3.8, 4) is 0 Å². The minimum absolute atomic E-state index is 0.234. The molecule has 12 heavy (non-hydrogen) atoms. The Hall–Kier alpha value is -0.610. The number of likely N-dealkylation sites (tertiary alicyclic amines) is 1. The molecule has 0 aromatic carbocycles. The molecule has 2 unspecified atom stereocenters. The fourth-order valence-corrected chi connectivity index (χ4v) is 1.60. The SMILES string of the molecule is CC1C(N)CCN1CCC(N)=O. The molecule has 2 atom stereocenters. The van der Waals surface area contributed by atoms with Crippen molar-refractivity contribution < 1.29 is 4.79 Å². The molecule has 1 heterocycles. The first-order valence-corrected chi connectivity index (χ1v) is 4.39. The zero-order chi connectivity index (χ0) is 9.14. The van der Waals surface area contributed by atoms with Gasteiger partial charge in [0, 0.05) is 31.6 Å². The van der Waals surface area contributed by atoms with Crippen LogP contribution in [0.3, 0.4) is 0 Å². The normalized spacial score (nSPS) is 30.8. The maximum atomic E-state index is 10.5. The Morgan fingerprint density at radius 1 is 1.67 bits per heavy atom. The fourth-order valence-electron chi connectivity index (χ4n) is 1.60. The Balaban J connectivity index is 2.29. The third kappa shape index (κ3) is 2.19. The Kier molecular flexibility index (Phi) is 3.05. The van der Waals surface area contributed by atoms with Crippen molar-refractivity contribution >= 4 is 5.91 Å². The molecular formula is C8H17N3O. The van der Waals surface area contributed by atoms with Gasteiger partial charge in [-0.3, -0.25) is 9.69 Å². The number of hydrogen-bond donors (Lipinski definition) is 2. The summed E-state index contributed by atoms with van der Waals surface area (Å²) in [5.74, 6) is -0.234. The van der Waals surface area contributed by atoms with E-state index < -0.39 is 0 Å². The molecule has 0 radical (unpaired) electrons. The van der Waals surface area contributed by atoms with Crippen LogP contribution in [0.15, 0.2) is 0 Å². The molecule has 4 N–H and O–H groups in total. The second kappa shape index (κ2) is 3.87. The van der Waals surface area contributed by atoms with E-state index in [0.717, 1.165) is 19.5 Å². The van der Waals surface area contributed by atoms with E-state index in [4.69, 9.17) is 11.5 Å². The van der Waals surface area contributed by atoms with Crippen LogP contribution in [0.4, 0.5) is 0 Å². The zero-order valence-corrected chi connectivity index (χ0v) is 7.49. The van der Waals surface area contributed by atoms with Crippen molar-refractivity contribution in [2.45, 2.75) is 31.8 Å². The highest BCUT2D eigenvalue weighted by Gasteiger charge is 2.27. The number of carbonyl (C=O) groups is 1. The minimum Gasteiger partial charge on any atom is -0.370 e. The fraction of sp³-hybridized carbons (Fsp3) is 0.875. The molecule has 1 aliphatic heterocycles. The van der Waals surface area contributed by atoms with Gasteiger partial charge in [-0.05, 0) is 13.3 Å². The molecule has 1 aliphatic rings. The summed E-state index contributed by atoms with van der Waals surface area (Å²) < 4.78 is 0. The van der Waals surface area contributed by atoms with Gasteiger partial charge in [0.2, 0.25) is 5.91 Å². The van der Waals surface area contributed by atoms with Crippen molar-refractivity contribution in [3.63, 3.8) is 0 Å². The van der Waals surface area contributed by atoms with Crippen LogP contribution in [0, 0.1) is 0 Å². The van der Waals surface area contributed by atoms with E-state index in [1.807, 2.05) is 0 Å². The molecular weight excluding hydrogens is 154 g/mol. The van der Waals surface area contributed by atoms with E-state index >= 15 is 0 Å². The van der Waals surface area contributed by atoms with Gasteiger partial charge in [0.25, 0.3) is 0 Å². The highest BCUT2D eigenvalue weighted by Crippen LogP contribution is 2.15. The molecule has 1 rings (SSSR count). The van der Waals surface area contributed by atoms with Crippen LogP contribution in [0.2, 0.25) is 0 Å². The minimum atomic E-state index is -0.234. The summed E-state index contributed by atoms with van der Waals surface area (Å²) in [6, 6.07) is 0.655. The van der Waals surface area contributed by atoms with Crippen molar-refractivity contribution in [1.29, 1.82) is 0 Å². The second-order valence-corrected chi connectivity index (χ2v) is 3.45. The van der Waals surface area contributed by atoms with Gasteiger partial charge in [0.15, 0.2) is 0 Å². The summed E-state index contributed by atoms with van der Waals surface area (Å²) in [4.78, 5) is 12.7. The van der Waals surface area contributed by atoms with Gasteiger partial charge in [0.1, 0.15) is 0 Å². The molecule has 1 amide bonds. The Morgan fingerprint density at radius 3 is 2.75 bits per heavy atom. The number of nitrogens with zero attached hydrogens (tertiary/aromatic N) is 1. The van der Waals surface area contributed by atoms with Gasteiger partial charge in [-0.15, -0.1) is 0 Å². The number of amides is 1. The van der Waals surface area contributed by atoms with E-state index in [-0.39, 0.29) is 11.9 Å². The topological polar surface area (TPSA) is 72.3 Å². The maximum Gasteiger partial charge on any atom is 0.218 e.